The van der Waals surface area contributed by atoms with Crippen LogP contribution in [-0.2, 0) is 10.5 Å². The maximum atomic E-state index is 11.8. The van der Waals surface area contributed by atoms with Crippen molar-refractivity contribution in [2.24, 2.45) is 5.10 Å². The number of hydrogen-bond acceptors (Lipinski definition) is 5. The van der Waals surface area contributed by atoms with Gasteiger partial charge >= 0.3 is 0 Å². The molecule has 0 bridgehead atoms. The zero-order chi connectivity index (χ0) is 18.1. The van der Waals surface area contributed by atoms with Crippen LogP contribution in [0.4, 0.5) is 5.88 Å². The summed E-state index contributed by atoms with van der Waals surface area (Å²) in [5.74, 6) is 2.50. The van der Waals surface area contributed by atoms with Crippen LogP contribution in [0.25, 0.3) is 0 Å². The van der Waals surface area contributed by atoms with Crippen LogP contribution >= 0.6 is 11.8 Å². The number of aryl methyl sites for hydroxylation is 1. The van der Waals surface area contributed by atoms with Gasteiger partial charge in [-0.05, 0) is 38.0 Å². The molecule has 0 unspecified atom stereocenters. The van der Waals surface area contributed by atoms with E-state index in [1.165, 1.54) is 17.3 Å². The van der Waals surface area contributed by atoms with Crippen LogP contribution < -0.4 is 10.3 Å². The molecule has 0 aliphatic carbocycles. The molecule has 0 aliphatic heterocycles. The van der Waals surface area contributed by atoms with Crippen molar-refractivity contribution < 1.29 is 9.21 Å². The molecule has 1 aromatic heterocycles. The minimum Gasteiger partial charge on any atom is -0.440 e. The number of carbonyl (C=O) groups excluding carboxylic acids is 1. The highest BCUT2D eigenvalue weighted by Crippen LogP contribution is 2.17. The van der Waals surface area contributed by atoms with Crippen LogP contribution in [0.2, 0.25) is 0 Å². The van der Waals surface area contributed by atoms with Crippen LogP contribution in [0.3, 0.4) is 0 Å². The highest BCUT2D eigenvalue weighted by Gasteiger charge is 2.06. The highest BCUT2D eigenvalue weighted by atomic mass is 32.2. The Hall–Kier alpha value is -2.21. The number of amides is 1. The second kappa shape index (κ2) is 9.93. The molecule has 134 valence electrons. The van der Waals surface area contributed by atoms with Crippen molar-refractivity contribution in [2.45, 2.75) is 26.5 Å². The lowest BCUT2D eigenvalue weighted by Gasteiger charge is -2.16. The number of carbonyl (C=O) groups is 1. The van der Waals surface area contributed by atoms with E-state index in [9.17, 15) is 4.79 Å². The van der Waals surface area contributed by atoms with Gasteiger partial charge in [0.25, 0.3) is 0 Å². The molecule has 25 heavy (non-hydrogen) atoms. The molecule has 0 spiro atoms. The summed E-state index contributed by atoms with van der Waals surface area (Å²) in [5, 5.41) is 3.96. The number of benzene rings is 1. The Morgan fingerprint density at radius 1 is 1.24 bits per heavy atom. The van der Waals surface area contributed by atoms with E-state index in [0.717, 1.165) is 24.7 Å². The van der Waals surface area contributed by atoms with Gasteiger partial charge in [0.1, 0.15) is 5.76 Å². The van der Waals surface area contributed by atoms with Gasteiger partial charge in [0.15, 0.2) is 5.88 Å². The summed E-state index contributed by atoms with van der Waals surface area (Å²) in [7, 11) is 0. The van der Waals surface area contributed by atoms with Crippen LogP contribution in [0, 0.1) is 6.92 Å². The number of thioether (sulfide) groups is 1. The molecule has 1 amide bonds. The average Bonchev–Trinajstić information content (AvgIpc) is 3.06. The number of anilines is 1. The third-order valence-corrected chi connectivity index (χ3v) is 4.80. The van der Waals surface area contributed by atoms with Crippen molar-refractivity contribution in [1.29, 1.82) is 0 Å². The molecule has 1 N–H and O–H groups in total. The Bertz CT molecular complexity index is 708. The summed E-state index contributed by atoms with van der Waals surface area (Å²) in [4.78, 5) is 13.9. The molecule has 0 fully saturated rings. The van der Waals surface area contributed by atoms with E-state index in [2.05, 4.69) is 48.3 Å². The summed E-state index contributed by atoms with van der Waals surface area (Å²) in [6.07, 6.45) is 1.52. The second-order valence-electron chi connectivity index (χ2n) is 5.56. The van der Waals surface area contributed by atoms with Gasteiger partial charge in [-0.2, -0.15) is 5.10 Å². The molecule has 0 radical (unpaired) electrons. The molecule has 0 aliphatic rings. The maximum Gasteiger partial charge on any atom is 0.250 e. The average molecular weight is 359 g/mol. The third kappa shape index (κ3) is 5.98. The lowest BCUT2D eigenvalue weighted by Crippen LogP contribution is -2.21. The van der Waals surface area contributed by atoms with E-state index in [0.29, 0.717) is 11.5 Å². The standard InChI is InChI=1S/C19H25N3O2S/c1-4-22(5-2)19-11-10-17(24-19)12-20-21-18(23)14-25-13-16-9-7-6-8-15(16)3/h6-12H,4-5,13-14H2,1-3H3,(H,21,23)/b20-12-. The first-order valence-corrected chi connectivity index (χ1v) is 9.58. The fraction of sp³-hybridized carbons (Fsp3) is 0.368. The Labute approximate surface area is 153 Å². The number of hydrazone groups is 1. The minimum absolute atomic E-state index is 0.120. The van der Waals surface area contributed by atoms with Crippen molar-refractivity contribution in [1.82, 2.24) is 5.43 Å². The molecular formula is C19H25N3O2S. The number of furan rings is 1. The predicted octanol–water partition coefficient (Wildman–Crippen LogP) is 3.82. The molecule has 0 saturated carbocycles. The van der Waals surface area contributed by atoms with E-state index >= 15 is 0 Å². The molecule has 0 saturated heterocycles. The van der Waals surface area contributed by atoms with Crippen molar-refractivity contribution >= 4 is 29.8 Å². The molecule has 1 aromatic carbocycles. The second-order valence-corrected chi connectivity index (χ2v) is 6.55. The smallest absolute Gasteiger partial charge is 0.250 e. The number of hydrogen-bond donors (Lipinski definition) is 1. The zero-order valence-corrected chi connectivity index (χ0v) is 15.8. The maximum absolute atomic E-state index is 11.8. The number of nitrogens with one attached hydrogen (secondary N) is 1. The monoisotopic (exact) mass is 359 g/mol. The third-order valence-electron chi connectivity index (χ3n) is 3.82. The molecule has 0 atom stereocenters. The Balaban J connectivity index is 1.74. The summed E-state index contributed by atoms with van der Waals surface area (Å²) in [5.41, 5.74) is 5.03. The zero-order valence-electron chi connectivity index (χ0n) is 15.0. The Morgan fingerprint density at radius 2 is 2.00 bits per heavy atom. The predicted molar refractivity (Wildman–Crippen MR) is 105 cm³/mol. The number of rotatable bonds is 9. The van der Waals surface area contributed by atoms with Gasteiger partial charge in [-0.3, -0.25) is 4.79 Å². The Kier molecular flexibility index (Phi) is 7.60. The van der Waals surface area contributed by atoms with E-state index < -0.39 is 0 Å². The van der Waals surface area contributed by atoms with E-state index in [1.807, 2.05) is 24.3 Å². The van der Waals surface area contributed by atoms with Gasteiger partial charge in [-0.15, -0.1) is 11.8 Å². The summed E-state index contributed by atoms with van der Waals surface area (Å²) in [6, 6.07) is 12.0. The summed E-state index contributed by atoms with van der Waals surface area (Å²) >= 11 is 1.57. The quantitative estimate of drug-likeness (QED) is 0.546. The molecule has 5 nitrogen and oxygen atoms in total. The first-order chi connectivity index (χ1) is 12.1. The fourth-order valence-electron chi connectivity index (χ4n) is 2.34. The van der Waals surface area contributed by atoms with Crippen molar-refractivity contribution in [3.63, 3.8) is 0 Å². The van der Waals surface area contributed by atoms with Gasteiger partial charge in [-0.25, -0.2) is 5.43 Å². The van der Waals surface area contributed by atoms with E-state index in [-0.39, 0.29) is 5.91 Å². The summed E-state index contributed by atoms with van der Waals surface area (Å²) < 4.78 is 5.68. The van der Waals surface area contributed by atoms with E-state index in [4.69, 9.17) is 4.42 Å². The lowest BCUT2D eigenvalue weighted by atomic mass is 10.1. The molecular weight excluding hydrogens is 334 g/mol. The van der Waals surface area contributed by atoms with Crippen molar-refractivity contribution in [2.75, 3.05) is 23.7 Å². The SMILES string of the molecule is CCN(CC)c1ccc(/C=N\NC(=O)CSCc2ccccc2C)o1. The van der Waals surface area contributed by atoms with Crippen LogP contribution in [0.15, 0.2) is 45.9 Å². The molecule has 2 rings (SSSR count). The first-order valence-electron chi connectivity index (χ1n) is 8.43. The van der Waals surface area contributed by atoms with Crippen LogP contribution in [-0.4, -0.2) is 31.0 Å². The van der Waals surface area contributed by atoms with Gasteiger partial charge in [0.05, 0.1) is 12.0 Å². The van der Waals surface area contributed by atoms with Crippen molar-refractivity contribution in [3.8, 4) is 0 Å². The van der Waals surface area contributed by atoms with Gasteiger partial charge in [-0.1, -0.05) is 24.3 Å². The van der Waals surface area contributed by atoms with E-state index in [1.54, 1.807) is 11.8 Å². The normalized spacial score (nSPS) is 11.0. The van der Waals surface area contributed by atoms with Gasteiger partial charge in [0, 0.05) is 24.9 Å². The topological polar surface area (TPSA) is 57.8 Å². The molecule has 1 heterocycles. The van der Waals surface area contributed by atoms with Crippen LogP contribution in [0.5, 0.6) is 0 Å². The van der Waals surface area contributed by atoms with Gasteiger partial charge in [0.2, 0.25) is 5.91 Å². The fourth-order valence-corrected chi connectivity index (χ4v) is 3.24. The highest BCUT2D eigenvalue weighted by molar-refractivity contribution is 7.99. The van der Waals surface area contributed by atoms with Gasteiger partial charge < -0.3 is 9.32 Å². The molecule has 2 aromatic rings. The minimum atomic E-state index is -0.120. The first kappa shape index (κ1) is 19.1. The number of nitrogens with zero attached hydrogens (tertiary/aromatic N) is 2. The largest absolute Gasteiger partial charge is 0.440 e. The lowest BCUT2D eigenvalue weighted by molar-refractivity contribution is -0.118. The van der Waals surface area contributed by atoms with Crippen molar-refractivity contribution in [3.05, 3.63) is 53.3 Å². The Morgan fingerprint density at radius 3 is 2.72 bits per heavy atom. The molecule has 6 heteroatoms. The van der Waals surface area contributed by atoms with Crippen LogP contribution in [0.1, 0.15) is 30.7 Å². The summed E-state index contributed by atoms with van der Waals surface area (Å²) in [6.45, 7) is 8.00.